The summed E-state index contributed by atoms with van der Waals surface area (Å²) in [6.45, 7) is 0. The Hall–Kier alpha value is -2.74. The van der Waals surface area contributed by atoms with E-state index in [1.54, 1.807) is 6.07 Å². The number of halogens is 17. The van der Waals surface area contributed by atoms with Gasteiger partial charge >= 0.3 is 57.1 Å². The highest BCUT2D eigenvalue weighted by atomic mass is 32.3. The molecular weight excluding hydrogens is 701 g/mol. The van der Waals surface area contributed by atoms with E-state index in [1.807, 2.05) is 0 Å². The van der Waals surface area contributed by atoms with Crippen LogP contribution < -0.4 is 0 Å². The molecule has 23 heteroatoms. The van der Waals surface area contributed by atoms with Crippen molar-refractivity contribution in [1.29, 1.82) is 5.26 Å². The third-order valence-corrected chi connectivity index (χ3v) is 10.5. The number of fused-ring (bicyclic) bond motifs is 1. The molecule has 0 aliphatic rings. The summed E-state index contributed by atoms with van der Waals surface area (Å²) >= 11 is 0. The van der Waals surface area contributed by atoms with Gasteiger partial charge in [0.05, 0.1) is 16.5 Å². The summed E-state index contributed by atoms with van der Waals surface area (Å²) in [5.41, 5.74) is -0.130. The van der Waals surface area contributed by atoms with Crippen molar-refractivity contribution in [3.8, 4) is 6.07 Å². The van der Waals surface area contributed by atoms with Crippen LogP contribution in [0.5, 0.6) is 0 Å². The molecule has 2 rings (SSSR count). The van der Waals surface area contributed by atoms with Crippen molar-refractivity contribution in [2.75, 3.05) is 12.5 Å². The molecule has 0 aliphatic carbocycles. The molecule has 0 radical (unpaired) electrons. The Bertz CT molecular complexity index is 1580. The number of rotatable bonds is 10. The first kappa shape index (κ1) is 37.4. The van der Waals surface area contributed by atoms with E-state index in [9.17, 15) is 88.3 Å². The highest BCUT2D eigenvalue weighted by Crippen LogP contribution is 2.65. The van der Waals surface area contributed by atoms with Gasteiger partial charge in [0.1, 0.15) is 0 Å². The van der Waals surface area contributed by atoms with E-state index in [-0.39, 0.29) is 16.3 Å². The van der Waals surface area contributed by atoms with Gasteiger partial charge in [0.15, 0.2) is 0 Å². The number of hydrogen-bond acceptors (Lipinski definition) is 3. The largest absolute Gasteiger partial charge is 0.486 e. The fourth-order valence-electron chi connectivity index (χ4n) is 3.45. The average Bonchev–Trinajstić information content (AvgIpc) is 2.85. The second-order valence-electron chi connectivity index (χ2n) is 9.05. The zero-order valence-corrected chi connectivity index (χ0v) is 22.5. The summed E-state index contributed by atoms with van der Waals surface area (Å²) < 4.78 is 257. The van der Waals surface area contributed by atoms with Gasteiger partial charge < -0.3 is 0 Å². The zero-order valence-electron chi connectivity index (χ0n) is 20.9. The minimum Gasteiger partial charge on any atom is -0.264 e. The highest BCUT2D eigenvalue weighted by molar-refractivity contribution is 8.31. The summed E-state index contributed by atoms with van der Waals surface area (Å²) in [5, 5.41) is 1.24. The van der Waals surface area contributed by atoms with E-state index in [1.165, 1.54) is 18.2 Å². The minimum absolute atomic E-state index is 0.0252. The van der Waals surface area contributed by atoms with Crippen molar-refractivity contribution in [2.24, 2.45) is 0 Å². The van der Waals surface area contributed by atoms with Crippen molar-refractivity contribution < 1.29 is 86.7 Å². The van der Waals surface area contributed by atoms with Gasteiger partial charge in [-0.2, -0.15) is 79.9 Å². The molecule has 0 aliphatic heterocycles. The first-order chi connectivity index (χ1) is 19.2. The van der Waals surface area contributed by atoms with Crippen LogP contribution >= 0.6 is 10.3 Å². The smallest absolute Gasteiger partial charge is 0.264 e. The average molecular weight is 714 g/mol. The Balaban J connectivity index is 2.69. The van der Waals surface area contributed by atoms with Crippen molar-refractivity contribution >= 4 is 31.2 Å². The molecule has 0 unspecified atom stereocenters. The van der Waals surface area contributed by atoms with Crippen LogP contribution in [0.1, 0.15) is 5.56 Å². The first-order valence-corrected chi connectivity index (χ1v) is 14.4. The number of nitrogens with zero attached hydrogens (tertiary/aromatic N) is 1. The van der Waals surface area contributed by atoms with Gasteiger partial charge in [-0.1, -0.05) is 24.3 Å². The van der Waals surface area contributed by atoms with Crippen LogP contribution in [0.4, 0.5) is 74.6 Å². The van der Waals surface area contributed by atoms with E-state index < -0.39 is 72.3 Å². The number of nitriles is 1. The molecule has 1 N–H and O–H groups in total. The summed E-state index contributed by atoms with van der Waals surface area (Å²) in [6.07, 6.45) is -6.68. The molecule has 0 saturated carbocycles. The lowest BCUT2D eigenvalue weighted by Crippen LogP contribution is -2.75. The fraction of sp³-hybridized carbons (Fsp3) is 0.476. The molecule has 4 nitrogen and oxygen atoms in total. The molecule has 0 saturated heterocycles. The first-order valence-electron chi connectivity index (χ1n) is 10.6. The predicted molar refractivity (Wildman–Crippen MR) is 119 cm³/mol. The Morgan fingerprint density at radius 1 is 0.591 bits per heavy atom. The molecule has 0 atom stereocenters. The highest BCUT2D eigenvalue weighted by Gasteiger charge is 2.97. The summed E-state index contributed by atoms with van der Waals surface area (Å²) in [6, 6.07) is 8.32. The van der Waals surface area contributed by atoms with Gasteiger partial charge in [0.2, 0.25) is 0 Å². The lowest BCUT2D eigenvalue weighted by molar-refractivity contribution is -0.458. The van der Waals surface area contributed by atoms with E-state index in [2.05, 4.69) is 3.63 Å². The summed E-state index contributed by atoms with van der Waals surface area (Å²) in [4.78, 5) is -0.451. The van der Waals surface area contributed by atoms with Crippen molar-refractivity contribution in [3.63, 3.8) is 0 Å². The summed E-state index contributed by atoms with van der Waals surface area (Å²) in [5.74, 6) is -52.1. The molecule has 0 amide bonds. The molecular formula is C21H13F17NO3S2+. The standard InChI is InChI=1S/C21H12F17NO3S2/c1-43(2,13-8-7-10(9-39)11-5-3-4-6-12(11)13)42-44(40,41)21(37,38)19(32,33)17(28,29)15(24,25)14(22,23)16(26,27)18(30,31)20(34,35)36/h3-8H,1-2H3/p+1. The second kappa shape index (κ2) is 10.4. The van der Waals surface area contributed by atoms with Crippen LogP contribution in [-0.2, 0) is 10.1 Å². The Labute approximate surface area is 236 Å². The normalized spacial score (nSPS) is 15.8. The van der Waals surface area contributed by atoms with Crippen LogP contribution in [0.3, 0.4) is 0 Å². The maximum atomic E-state index is 14.6. The van der Waals surface area contributed by atoms with Gasteiger partial charge in [-0.25, -0.2) is 0 Å². The molecule has 0 heterocycles. The Morgan fingerprint density at radius 2 is 0.977 bits per heavy atom. The monoisotopic (exact) mass is 714 g/mol. The van der Waals surface area contributed by atoms with Gasteiger partial charge in [-0.3, -0.25) is 3.63 Å². The van der Waals surface area contributed by atoms with Gasteiger partial charge in [-0.15, -0.1) is 8.42 Å². The number of hydrogen-bond donors (Lipinski definition) is 0. The Morgan fingerprint density at radius 3 is 1.39 bits per heavy atom. The van der Waals surface area contributed by atoms with Crippen LogP contribution in [0.2, 0.25) is 0 Å². The van der Waals surface area contributed by atoms with Crippen molar-refractivity contribution in [3.05, 3.63) is 42.0 Å². The molecule has 2 aromatic carbocycles. The molecule has 0 bridgehead atoms. The number of alkyl halides is 17. The van der Waals surface area contributed by atoms with Crippen LogP contribution in [0, 0.1) is 11.3 Å². The molecule has 0 spiro atoms. The van der Waals surface area contributed by atoms with Crippen molar-refractivity contribution in [1.82, 2.24) is 0 Å². The van der Waals surface area contributed by atoms with E-state index in [4.69, 9.17) is 0 Å². The third kappa shape index (κ3) is 5.00. The van der Waals surface area contributed by atoms with Gasteiger partial charge in [-0.05, 0) is 12.1 Å². The van der Waals surface area contributed by atoms with E-state index in [0.717, 1.165) is 18.2 Å². The molecule has 250 valence electrons. The lowest BCUT2D eigenvalue weighted by atomic mass is 9.91. The van der Waals surface area contributed by atoms with Crippen LogP contribution in [0.25, 0.3) is 10.8 Å². The van der Waals surface area contributed by atoms with Crippen LogP contribution in [0.15, 0.2) is 41.3 Å². The van der Waals surface area contributed by atoms with Gasteiger partial charge in [0.25, 0.3) is 0 Å². The van der Waals surface area contributed by atoms with Gasteiger partial charge in [0, 0.05) is 33.6 Å². The lowest BCUT2D eigenvalue weighted by Gasteiger charge is -2.42. The fourth-order valence-corrected chi connectivity index (χ4v) is 7.68. The minimum atomic E-state index is -8.92. The molecule has 44 heavy (non-hydrogen) atoms. The maximum Gasteiger partial charge on any atom is 0.486 e. The predicted octanol–water partition coefficient (Wildman–Crippen LogP) is 8.44. The maximum absolute atomic E-state index is 14.6. The zero-order chi connectivity index (χ0) is 35.0. The SMILES string of the molecule is CS(C)([OH+]S(=O)(=O)C(F)(F)C(F)(F)C(F)(F)C(F)(F)C(F)(F)C(F)(F)C(F)(F)C(F)(F)F)c1ccc(C#N)c2ccccc12. The quantitative estimate of drug-likeness (QED) is 0.141. The molecule has 2 aromatic rings. The van der Waals surface area contributed by atoms with E-state index in [0.29, 0.717) is 12.5 Å². The van der Waals surface area contributed by atoms with E-state index >= 15 is 0 Å². The second-order valence-corrected chi connectivity index (χ2v) is 14.1. The van der Waals surface area contributed by atoms with Crippen molar-refractivity contribution in [2.45, 2.75) is 51.9 Å². The molecule has 0 aromatic heterocycles. The molecule has 0 fully saturated rings. The third-order valence-electron chi connectivity index (χ3n) is 5.84. The Kier molecular flexibility index (Phi) is 8.85. The van der Waals surface area contributed by atoms with Crippen LogP contribution in [-0.4, -0.2) is 71.5 Å². The summed E-state index contributed by atoms with van der Waals surface area (Å²) in [7, 11) is -11.5. The topological polar surface area (TPSA) is 70.7 Å². The number of benzene rings is 2.